The van der Waals surface area contributed by atoms with Crippen LogP contribution < -0.4 is 11.2 Å². The van der Waals surface area contributed by atoms with Crippen molar-refractivity contribution in [2.24, 2.45) is 5.84 Å². The van der Waals surface area contributed by atoms with Crippen LogP contribution in [-0.2, 0) is 19.5 Å². The monoisotopic (exact) mass is 493 g/mol. The summed E-state index contributed by atoms with van der Waals surface area (Å²) in [6.07, 6.45) is 0.912. The van der Waals surface area contributed by atoms with Gasteiger partial charge in [0.25, 0.3) is 5.91 Å². The highest BCUT2D eigenvalue weighted by Gasteiger charge is 2.41. The second kappa shape index (κ2) is 8.47. The van der Waals surface area contributed by atoms with Gasteiger partial charge < -0.3 is 10.2 Å². The number of likely N-dealkylation sites (tertiary alicyclic amines) is 1. The lowest BCUT2D eigenvalue weighted by Gasteiger charge is -2.29. The van der Waals surface area contributed by atoms with E-state index in [0.29, 0.717) is 49.4 Å². The minimum atomic E-state index is -1.26. The molecule has 3 amide bonds. The molecule has 3 aliphatic rings. The van der Waals surface area contributed by atoms with E-state index >= 15 is 0 Å². The maximum absolute atomic E-state index is 14.4. The molecule has 2 atom stereocenters. The molecule has 1 aromatic heterocycles. The Morgan fingerprint density at radius 2 is 2.12 bits per heavy atom. The maximum atomic E-state index is 14.4. The van der Waals surface area contributed by atoms with E-state index < -0.39 is 17.5 Å². The van der Waals surface area contributed by atoms with Crippen molar-refractivity contribution in [2.75, 3.05) is 31.5 Å². The summed E-state index contributed by atoms with van der Waals surface area (Å²) in [5.41, 5.74) is 0.891. The van der Waals surface area contributed by atoms with E-state index in [-0.39, 0.29) is 36.6 Å². The number of aromatic nitrogens is 2. The summed E-state index contributed by atoms with van der Waals surface area (Å²) in [5.74, 6) is 5.18. The molecule has 1 saturated heterocycles. The van der Waals surface area contributed by atoms with E-state index in [0.717, 1.165) is 5.69 Å². The molecule has 12 heteroatoms. The number of carbonyl (C=O) groups is 2. The third kappa shape index (κ3) is 4.23. The van der Waals surface area contributed by atoms with Gasteiger partial charge in [0.2, 0.25) is 0 Å². The second-order valence-corrected chi connectivity index (χ2v) is 9.84. The van der Waals surface area contributed by atoms with E-state index in [1.165, 1.54) is 23.2 Å². The normalized spacial score (nSPS) is 25.2. The van der Waals surface area contributed by atoms with Crippen LogP contribution in [0.2, 0.25) is 5.02 Å². The fraction of sp³-hybridized carbons (Fsp3) is 0.500. The molecule has 0 spiro atoms. The molecule has 2 unspecified atom stereocenters. The van der Waals surface area contributed by atoms with E-state index in [2.05, 4.69) is 10.4 Å². The lowest BCUT2D eigenvalue weighted by molar-refractivity contribution is 0.0698. The lowest BCUT2D eigenvalue weighted by atomic mass is 10.1. The second-order valence-electron chi connectivity index (χ2n) is 9.43. The number of carbonyl (C=O) groups excluding carboxylic acids is 2. The summed E-state index contributed by atoms with van der Waals surface area (Å²) in [7, 11) is 0. The Morgan fingerprint density at radius 3 is 2.82 bits per heavy atom. The number of hydrogen-bond acceptors (Lipinski definition) is 5. The molecular formula is C22H26ClF2N7O2. The first kappa shape index (κ1) is 23.0. The molecule has 0 radical (unpaired) electrons. The number of halogens is 3. The van der Waals surface area contributed by atoms with Crippen molar-refractivity contribution >= 4 is 29.2 Å². The third-order valence-electron chi connectivity index (χ3n) is 6.78. The molecule has 3 N–H and O–H groups in total. The van der Waals surface area contributed by atoms with Gasteiger partial charge in [0.05, 0.1) is 30.4 Å². The fourth-order valence-electron chi connectivity index (χ4n) is 4.95. The predicted molar refractivity (Wildman–Crippen MR) is 121 cm³/mol. The standard InChI is InChI=1S/C22H26ClF2N7O2/c1-22(25)5-7-30(12-22)14-9-31(26)20(33)19-15-11-29(6-4-18(15)28-32(19)10-14)21(34)27-13-2-3-17(24)16(23)8-13/h2-3,8,14H,4-7,9-12,26H2,1H3,(H,27,34). The summed E-state index contributed by atoms with van der Waals surface area (Å²) in [4.78, 5) is 29.6. The quantitative estimate of drug-likeness (QED) is 0.494. The molecule has 4 heterocycles. The highest BCUT2D eigenvalue weighted by molar-refractivity contribution is 6.31. The number of amides is 3. The summed E-state index contributed by atoms with van der Waals surface area (Å²) in [5, 5.41) is 8.46. The number of fused-ring (bicyclic) bond motifs is 3. The number of nitrogens with two attached hydrogens (primary N) is 1. The van der Waals surface area contributed by atoms with Crippen molar-refractivity contribution in [1.82, 2.24) is 24.6 Å². The van der Waals surface area contributed by atoms with Gasteiger partial charge in [-0.15, -0.1) is 0 Å². The SMILES string of the molecule is CC1(F)CCN(C2CN(N)C(=O)c3c4c(nn3C2)CCN(C(=O)Nc2ccc(F)c(Cl)c2)C4)C1. The van der Waals surface area contributed by atoms with Crippen LogP contribution in [0, 0.1) is 5.82 Å². The summed E-state index contributed by atoms with van der Waals surface area (Å²) in [6.45, 7) is 3.74. The summed E-state index contributed by atoms with van der Waals surface area (Å²) in [6, 6.07) is 3.40. The summed E-state index contributed by atoms with van der Waals surface area (Å²) < 4.78 is 29.5. The topological polar surface area (TPSA) is 99.7 Å². The molecule has 34 heavy (non-hydrogen) atoms. The van der Waals surface area contributed by atoms with Crippen molar-refractivity contribution in [3.63, 3.8) is 0 Å². The van der Waals surface area contributed by atoms with E-state index in [1.807, 2.05) is 4.90 Å². The third-order valence-corrected chi connectivity index (χ3v) is 7.07. The van der Waals surface area contributed by atoms with Gasteiger partial charge in [-0.3, -0.25) is 19.4 Å². The van der Waals surface area contributed by atoms with Gasteiger partial charge in [0, 0.05) is 43.3 Å². The maximum Gasteiger partial charge on any atom is 0.322 e. The van der Waals surface area contributed by atoms with Gasteiger partial charge in [0.1, 0.15) is 17.2 Å². The van der Waals surface area contributed by atoms with Crippen LogP contribution in [0.25, 0.3) is 0 Å². The van der Waals surface area contributed by atoms with Gasteiger partial charge in [-0.1, -0.05) is 11.6 Å². The van der Waals surface area contributed by atoms with Crippen LogP contribution in [-0.4, -0.2) is 74.4 Å². The van der Waals surface area contributed by atoms with Crippen LogP contribution >= 0.6 is 11.6 Å². The molecule has 0 bridgehead atoms. The van der Waals surface area contributed by atoms with Crippen molar-refractivity contribution in [1.29, 1.82) is 0 Å². The fourth-order valence-corrected chi connectivity index (χ4v) is 5.13. The molecule has 0 saturated carbocycles. The van der Waals surface area contributed by atoms with Crippen LogP contribution in [0.3, 0.4) is 0 Å². The number of nitrogens with zero attached hydrogens (tertiary/aromatic N) is 5. The van der Waals surface area contributed by atoms with Crippen LogP contribution in [0.1, 0.15) is 35.1 Å². The number of alkyl halides is 1. The zero-order valence-electron chi connectivity index (χ0n) is 18.7. The lowest BCUT2D eigenvalue weighted by Crippen LogP contribution is -2.48. The van der Waals surface area contributed by atoms with E-state index in [1.54, 1.807) is 16.5 Å². The number of rotatable bonds is 2. The Kier molecular flexibility index (Phi) is 5.73. The molecule has 9 nitrogen and oxygen atoms in total. The smallest absolute Gasteiger partial charge is 0.320 e. The highest BCUT2D eigenvalue weighted by atomic mass is 35.5. The first-order valence-electron chi connectivity index (χ1n) is 11.2. The Hall–Kier alpha value is -2.76. The number of benzene rings is 1. The number of anilines is 1. The Balaban J connectivity index is 1.36. The number of urea groups is 1. The largest absolute Gasteiger partial charge is 0.322 e. The number of hydrazine groups is 1. The first-order valence-corrected chi connectivity index (χ1v) is 11.6. The molecule has 182 valence electrons. The molecule has 5 rings (SSSR count). The number of hydrogen-bond donors (Lipinski definition) is 2. The average Bonchev–Trinajstić information content (AvgIpc) is 3.30. The van der Waals surface area contributed by atoms with Crippen molar-refractivity contribution in [3.05, 3.63) is 46.0 Å². The zero-order valence-corrected chi connectivity index (χ0v) is 19.5. The van der Waals surface area contributed by atoms with Crippen LogP contribution in [0.15, 0.2) is 18.2 Å². The zero-order chi connectivity index (χ0) is 24.2. The predicted octanol–water partition coefficient (Wildman–Crippen LogP) is 2.40. The molecule has 0 aliphatic carbocycles. The Bertz CT molecular complexity index is 1150. The molecular weight excluding hydrogens is 468 g/mol. The van der Waals surface area contributed by atoms with Crippen molar-refractivity contribution in [3.8, 4) is 0 Å². The first-order chi connectivity index (χ1) is 16.1. The van der Waals surface area contributed by atoms with Crippen LogP contribution in [0.5, 0.6) is 0 Å². The minimum Gasteiger partial charge on any atom is -0.320 e. The van der Waals surface area contributed by atoms with Gasteiger partial charge in [-0.05, 0) is 31.5 Å². The number of nitrogens with one attached hydrogen (secondary N) is 1. The van der Waals surface area contributed by atoms with Crippen LogP contribution in [0.4, 0.5) is 19.3 Å². The molecule has 3 aliphatic heterocycles. The average molecular weight is 494 g/mol. The van der Waals surface area contributed by atoms with Gasteiger partial charge >= 0.3 is 6.03 Å². The molecule has 1 aromatic carbocycles. The van der Waals surface area contributed by atoms with Gasteiger partial charge in [0.15, 0.2) is 0 Å². The highest BCUT2D eigenvalue weighted by Crippen LogP contribution is 2.30. The molecule has 1 fully saturated rings. The van der Waals surface area contributed by atoms with E-state index in [9.17, 15) is 18.4 Å². The van der Waals surface area contributed by atoms with Crippen molar-refractivity contribution < 1.29 is 18.4 Å². The summed E-state index contributed by atoms with van der Waals surface area (Å²) >= 11 is 5.81. The molecule has 2 aromatic rings. The van der Waals surface area contributed by atoms with Gasteiger partial charge in [-0.25, -0.2) is 19.4 Å². The van der Waals surface area contributed by atoms with Gasteiger partial charge in [-0.2, -0.15) is 5.10 Å². The van der Waals surface area contributed by atoms with E-state index in [4.69, 9.17) is 17.4 Å². The Labute approximate surface area is 200 Å². The Morgan fingerprint density at radius 1 is 1.32 bits per heavy atom. The minimum absolute atomic E-state index is 0.0880. The van der Waals surface area contributed by atoms with Crippen molar-refractivity contribution in [2.45, 2.75) is 44.6 Å².